The van der Waals surface area contributed by atoms with Crippen LogP contribution in [0.3, 0.4) is 0 Å². The molecule has 1 aliphatic rings. The summed E-state index contributed by atoms with van der Waals surface area (Å²) in [5.41, 5.74) is 2.38. The average Bonchev–Trinajstić information content (AvgIpc) is 2.84. The molecule has 7 nitrogen and oxygen atoms in total. The third-order valence-corrected chi connectivity index (χ3v) is 5.03. The zero-order valence-electron chi connectivity index (χ0n) is 18.0. The molecule has 0 radical (unpaired) electrons. The second-order valence-electron chi connectivity index (χ2n) is 7.60. The molecule has 1 atom stereocenters. The molecule has 1 heterocycles. The van der Waals surface area contributed by atoms with E-state index in [1.54, 1.807) is 44.2 Å². The number of methoxy groups -OCH3 is 2. The maximum Gasteiger partial charge on any atom is 0.263 e. The Labute approximate surface area is 176 Å². The number of amides is 2. The molecule has 160 valence electrons. The molecule has 1 aliphatic heterocycles. The second-order valence-corrected chi connectivity index (χ2v) is 7.60. The zero-order chi connectivity index (χ0) is 21.8. The maximum absolute atomic E-state index is 13.0. The fourth-order valence-corrected chi connectivity index (χ4v) is 3.29. The van der Waals surface area contributed by atoms with Crippen LogP contribution in [0.5, 0.6) is 17.2 Å². The number of fused-ring (bicyclic) bond motifs is 1. The Hall–Kier alpha value is -3.22. The number of benzene rings is 2. The Bertz CT molecular complexity index is 941. The minimum Gasteiger partial charge on any atom is -0.497 e. The van der Waals surface area contributed by atoms with E-state index in [1.807, 2.05) is 32.0 Å². The summed E-state index contributed by atoms with van der Waals surface area (Å²) in [4.78, 5) is 26.7. The molecule has 1 unspecified atom stereocenters. The van der Waals surface area contributed by atoms with Gasteiger partial charge in [-0.25, -0.2) is 0 Å². The maximum atomic E-state index is 13.0. The lowest BCUT2D eigenvalue weighted by molar-refractivity contribution is -0.138. The molecule has 2 aromatic rings. The van der Waals surface area contributed by atoms with Crippen LogP contribution in [0.1, 0.15) is 31.9 Å². The van der Waals surface area contributed by atoms with Crippen LogP contribution in [-0.2, 0) is 22.7 Å². The van der Waals surface area contributed by atoms with Crippen LogP contribution < -0.4 is 19.5 Å². The monoisotopic (exact) mass is 412 g/mol. The number of carbonyl (C=O) groups is 2. The molecule has 0 bridgehead atoms. The Morgan fingerprint density at radius 1 is 1.20 bits per heavy atom. The van der Waals surface area contributed by atoms with Gasteiger partial charge in [0.2, 0.25) is 5.91 Å². The van der Waals surface area contributed by atoms with Crippen molar-refractivity contribution in [2.24, 2.45) is 5.92 Å². The number of ether oxygens (including phenoxy) is 3. The predicted molar refractivity (Wildman–Crippen MR) is 114 cm³/mol. The standard InChI is InChI=1S/C23H28N2O5/c1-14(2)22(26)24-18-7-9-20-17(10-18)13-25(23(27)15(3)30-20)12-16-6-8-19(28-4)11-21(16)29-5/h6-11,14-15H,12-13H2,1-5H3,(H,24,26). The van der Waals surface area contributed by atoms with Crippen molar-refractivity contribution in [3.05, 3.63) is 47.5 Å². The second kappa shape index (κ2) is 9.07. The number of anilines is 1. The third kappa shape index (κ3) is 4.67. The molecule has 3 rings (SSSR count). The molecule has 7 heteroatoms. The number of rotatable bonds is 6. The first-order chi connectivity index (χ1) is 14.3. The SMILES string of the molecule is COc1ccc(CN2Cc3cc(NC(=O)C(C)C)ccc3OC(C)C2=O)c(OC)c1. The summed E-state index contributed by atoms with van der Waals surface area (Å²) in [7, 11) is 3.19. The van der Waals surface area contributed by atoms with E-state index in [-0.39, 0.29) is 17.7 Å². The van der Waals surface area contributed by atoms with Gasteiger partial charge in [-0.2, -0.15) is 0 Å². The number of nitrogens with one attached hydrogen (secondary N) is 1. The van der Waals surface area contributed by atoms with Crippen LogP contribution in [0.15, 0.2) is 36.4 Å². The van der Waals surface area contributed by atoms with Crippen molar-refractivity contribution in [1.29, 1.82) is 0 Å². The van der Waals surface area contributed by atoms with Crippen molar-refractivity contribution in [1.82, 2.24) is 4.90 Å². The van der Waals surface area contributed by atoms with E-state index in [2.05, 4.69) is 5.32 Å². The van der Waals surface area contributed by atoms with Gasteiger partial charge in [-0.15, -0.1) is 0 Å². The largest absolute Gasteiger partial charge is 0.497 e. The van der Waals surface area contributed by atoms with Crippen molar-refractivity contribution >= 4 is 17.5 Å². The van der Waals surface area contributed by atoms with Crippen LogP contribution in [0.4, 0.5) is 5.69 Å². The highest BCUT2D eigenvalue weighted by atomic mass is 16.5. The normalized spacial score (nSPS) is 15.9. The van der Waals surface area contributed by atoms with Gasteiger partial charge in [-0.3, -0.25) is 9.59 Å². The fourth-order valence-electron chi connectivity index (χ4n) is 3.29. The Balaban J connectivity index is 1.88. The molecule has 2 aromatic carbocycles. The van der Waals surface area contributed by atoms with Crippen molar-refractivity contribution in [3.8, 4) is 17.2 Å². The number of hydrogen-bond acceptors (Lipinski definition) is 5. The van der Waals surface area contributed by atoms with Crippen LogP contribution in [0.2, 0.25) is 0 Å². The quantitative estimate of drug-likeness (QED) is 0.784. The van der Waals surface area contributed by atoms with Crippen molar-refractivity contribution < 1.29 is 23.8 Å². The summed E-state index contributed by atoms with van der Waals surface area (Å²) in [6, 6.07) is 11.0. The van der Waals surface area contributed by atoms with Crippen LogP contribution >= 0.6 is 0 Å². The molecule has 0 aliphatic carbocycles. The van der Waals surface area contributed by atoms with E-state index >= 15 is 0 Å². The minimum atomic E-state index is -0.619. The summed E-state index contributed by atoms with van der Waals surface area (Å²) >= 11 is 0. The van der Waals surface area contributed by atoms with E-state index in [1.165, 1.54) is 0 Å². The van der Waals surface area contributed by atoms with Gasteiger partial charge in [0.15, 0.2) is 6.10 Å². The smallest absolute Gasteiger partial charge is 0.263 e. The molecule has 2 amide bonds. The first-order valence-electron chi connectivity index (χ1n) is 9.92. The predicted octanol–water partition coefficient (Wildman–Crippen LogP) is 3.61. The van der Waals surface area contributed by atoms with E-state index in [0.717, 1.165) is 11.1 Å². The first kappa shape index (κ1) is 21.5. The Morgan fingerprint density at radius 2 is 1.97 bits per heavy atom. The molecule has 30 heavy (non-hydrogen) atoms. The summed E-state index contributed by atoms with van der Waals surface area (Å²) in [5.74, 6) is 1.68. The number of hydrogen-bond donors (Lipinski definition) is 1. The van der Waals surface area contributed by atoms with E-state index in [9.17, 15) is 9.59 Å². The summed E-state index contributed by atoms with van der Waals surface area (Å²) in [6.45, 7) is 6.14. The minimum absolute atomic E-state index is 0.0613. The van der Waals surface area contributed by atoms with Gasteiger partial charge in [-0.05, 0) is 37.3 Å². The lowest BCUT2D eigenvalue weighted by Crippen LogP contribution is -2.37. The van der Waals surface area contributed by atoms with E-state index < -0.39 is 6.10 Å². The Morgan fingerprint density at radius 3 is 2.63 bits per heavy atom. The van der Waals surface area contributed by atoms with Gasteiger partial charge in [0.05, 0.1) is 14.2 Å². The zero-order valence-corrected chi connectivity index (χ0v) is 18.0. The fraction of sp³-hybridized carbons (Fsp3) is 0.391. The van der Waals surface area contributed by atoms with Gasteiger partial charge in [0, 0.05) is 41.9 Å². The van der Waals surface area contributed by atoms with Crippen LogP contribution in [0.25, 0.3) is 0 Å². The number of carbonyl (C=O) groups excluding carboxylic acids is 2. The number of nitrogens with zero attached hydrogens (tertiary/aromatic N) is 1. The Kier molecular flexibility index (Phi) is 6.50. The topological polar surface area (TPSA) is 77.1 Å². The molecular formula is C23H28N2O5. The lowest BCUT2D eigenvalue weighted by Gasteiger charge is -2.23. The molecule has 0 spiro atoms. The highest BCUT2D eigenvalue weighted by molar-refractivity contribution is 5.92. The van der Waals surface area contributed by atoms with E-state index in [4.69, 9.17) is 14.2 Å². The van der Waals surface area contributed by atoms with Gasteiger partial charge >= 0.3 is 0 Å². The highest BCUT2D eigenvalue weighted by Gasteiger charge is 2.29. The van der Waals surface area contributed by atoms with Gasteiger partial charge in [0.25, 0.3) is 5.91 Å². The van der Waals surface area contributed by atoms with Crippen LogP contribution in [0, 0.1) is 5.92 Å². The molecule has 1 N–H and O–H groups in total. The molecule has 0 fully saturated rings. The van der Waals surface area contributed by atoms with Crippen molar-refractivity contribution in [3.63, 3.8) is 0 Å². The van der Waals surface area contributed by atoms with Gasteiger partial charge in [-0.1, -0.05) is 13.8 Å². The van der Waals surface area contributed by atoms with Crippen molar-refractivity contribution in [2.45, 2.75) is 40.0 Å². The van der Waals surface area contributed by atoms with Crippen molar-refractivity contribution in [2.75, 3.05) is 19.5 Å². The third-order valence-electron chi connectivity index (χ3n) is 5.03. The highest BCUT2D eigenvalue weighted by Crippen LogP contribution is 2.31. The average molecular weight is 412 g/mol. The summed E-state index contributed by atoms with van der Waals surface area (Å²) < 4.78 is 16.6. The van der Waals surface area contributed by atoms with Gasteiger partial charge in [0.1, 0.15) is 17.2 Å². The molecule has 0 aromatic heterocycles. The summed E-state index contributed by atoms with van der Waals surface area (Å²) in [5, 5.41) is 2.90. The lowest BCUT2D eigenvalue weighted by atomic mass is 10.1. The van der Waals surface area contributed by atoms with Crippen LogP contribution in [-0.4, -0.2) is 37.0 Å². The van der Waals surface area contributed by atoms with Gasteiger partial charge < -0.3 is 24.4 Å². The molecule has 0 saturated heterocycles. The molecule has 0 saturated carbocycles. The van der Waals surface area contributed by atoms with E-state index in [0.29, 0.717) is 36.0 Å². The first-order valence-corrected chi connectivity index (χ1v) is 9.92. The molecular weight excluding hydrogens is 384 g/mol. The summed E-state index contributed by atoms with van der Waals surface area (Å²) in [6.07, 6.45) is -0.619.